The predicted molar refractivity (Wildman–Crippen MR) is 83.0 cm³/mol. The number of carbonyl (C=O) groups is 1. The molecule has 4 heteroatoms. The molecule has 0 saturated carbocycles. The van der Waals surface area contributed by atoms with E-state index in [4.69, 9.17) is 4.74 Å². The van der Waals surface area contributed by atoms with E-state index in [0.29, 0.717) is 18.9 Å². The van der Waals surface area contributed by atoms with E-state index in [1.807, 2.05) is 24.3 Å². The largest absolute Gasteiger partial charge is 0.491 e. The highest BCUT2D eigenvalue weighted by Crippen LogP contribution is 2.24. The summed E-state index contributed by atoms with van der Waals surface area (Å²) in [5.74, 6) is 1.24. The van der Waals surface area contributed by atoms with Crippen LogP contribution in [0.25, 0.3) is 0 Å². The Bertz CT molecular complexity index is 393. The Labute approximate surface area is 123 Å². The minimum absolute atomic E-state index is 0.0431. The van der Waals surface area contributed by atoms with E-state index < -0.39 is 0 Å². The molecule has 1 aromatic carbocycles. The molecule has 0 unspecified atom stereocenters. The maximum atomic E-state index is 11.8. The van der Waals surface area contributed by atoms with Gasteiger partial charge >= 0.3 is 0 Å². The number of para-hydroxylation sites is 2. The van der Waals surface area contributed by atoms with Gasteiger partial charge in [-0.1, -0.05) is 41.9 Å². The number of carbonyl (C=O) groups excluding carboxylic acids is 1. The molecule has 0 aromatic heterocycles. The van der Waals surface area contributed by atoms with Gasteiger partial charge in [-0.3, -0.25) is 4.79 Å². The number of alkyl halides is 1. The number of hydrogen-bond acceptors (Lipinski definition) is 2. The van der Waals surface area contributed by atoms with Gasteiger partial charge in [0.25, 0.3) is 0 Å². The number of benzene rings is 1. The highest BCUT2D eigenvalue weighted by atomic mass is 79.9. The first-order valence-corrected chi connectivity index (χ1v) is 7.83. The van der Waals surface area contributed by atoms with E-state index in [2.05, 4.69) is 35.1 Å². The fraction of sp³-hybridized carbons (Fsp3) is 0.533. The molecular weight excluding hydrogens is 306 g/mol. The first-order chi connectivity index (χ1) is 9.13. The lowest BCUT2D eigenvalue weighted by Gasteiger charge is -2.13. The number of nitrogens with one attached hydrogen (secondary N) is 1. The molecule has 0 atom stereocenters. The monoisotopic (exact) mass is 327 g/mol. The van der Waals surface area contributed by atoms with Gasteiger partial charge in [-0.05, 0) is 30.9 Å². The number of hydrogen-bond donors (Lipinski definition) is 1. The summed E-state index contributed by atoms with van der Waals surface area (Å²) in [7, 11) is 0. The van der Waals surface area contributed by atoms with Crippen LogP contribution in [0.3, 0.4) is 0 Å². The Hall–Kier alpha value is -1.03. The van der Waals surface area contributed by atoms with Gasteiger partial charge in [-0.15, -0.1) is 0 Å². The molecule has 3 nitrogen and oxygen atoms in total. The van der Waals surface area contributed by atoms with Crippen molar-refractivity contribution in [2.45, 2.75) is 33.1 Å². The van der Waals surface area contributed by atoms with Crippen LogP contribution in [0.2, 0.25) is 0 Å². The lowest BCUT2D eigenvalue weighted by atomic mass is 10.2. The molecule has 0 spiro atoms. The summed E-state index contributed by atoms with van der Waals surface area (Å²) in [6, 6.07) is 7.57. The van der Waals surface area contributed by atoms with E-state index in [9.17, 15) is 4.79 Å². The van der Waals surface area contributed by atoms with Crippen LogP contribution in [-0.4, -0.2) is 17.8 Å². The normalized spacial score (nSPS) is 10.5. The minimum Gasteiger partial charge on any atom is -0.491 e. The van der Waals surface area contributed by atoms with Gasteiger partial charge in [-0.25, -0.2) is 0 Å². The fourth-order valence-electron chi connectivity index (χ4n) is 1.54. The molecule has 1 rings (SSSR count). The number of anilines is 1. The van der Waals surface area contributed by atoms with Crippen LogP contribution < -0.4 is 10.1 Å². The zero-order valence-electron chi connectivity index (χ0n) is 11.6. The maximum absolute atomic E-state index is 11.8. The summed E-state index contributed by atoms with van der Waals surface area (Å²) in [5, 5.41) is 3.85. The highest BCUT2D eigenvalue weighted by molar-refractivity contribution is 9.09. The van der Waals surface area contributed by atoms with E-state index in [-0.39, 0.29) is 5.91 Å². The lowest BCUT2D eigenvalue weighted by molar-refractivity contribution is -0.116. The smallest absolute Gasteiger partial charge is 0.224 e. The second-order valence-corrected chi connectivity index (χ2v) is 5.69. The minimum atomic E-state index is 0.0431. The van der Waals surface area contributed by atoms with Crippen molar-refractivity contribution in [1.29, 1.82) is 0 Å². The standard InChI is InChI=1S/C15H22BrNO2/c1-12(2)11-19-14-8-4-3-7-13(14)17-15(18)9-5-6-10-16/h3-4,7-8,12H,5-6,9-11H2,1-2H3,(H,17,18). The zero-order valence-corrected chi connectivity index (χ0v) is 13.2. The van der Waals surface area contributed by atoms with Gasteiger partial charge in [0.1, 0.15) is 5.75 Å². The van der Waals surface area contributed by atoms with Crippen LogP contribution in [0.15, 0.2) is 24.3 Å². The summed E-state index contributed by atoms with van der Waals surface area (Å²) < 4.78 is 5.70. The van der Waals surface area contributed by atoms with Crippen molar-refractivity contribution in [3.05, 3.63) is 24.3 Å². The summed E-state index contributed by atoms with van der Waals surface area (Å²) >= 11 is 3.36. The average Bonchev–Trinajstić information content (AvgIpc) is 2.38. The van der Waals surface area contributed by atoms with Gasteiger partial charge < -0.3 is 10.1 Å². The summed E-state index contributed by atoms with van der Waals surface area (Å²) in [6.45, 7) is 4.85. The van der Waals surface area contributed by atoms with Crippen molar-refractivity contribution < 1.29 is 9.53 Å². The SMILES string of the molecule is CC(C)COc1ccccc1NC(=O)CCCCBr. The topological polar surface area (TPSA) is 38.3 Å². The van der Waals surface area contributed by atoms with Crippen molar-refractivity contribution >= 4 is 27.5 Å². The molecule has 0 heterocycles. The zero-order chi connectivity index (χ0) is 14.1. The van der Waals surface area contributed by atoms with Gasteiger partial charge in [0.05, 0.1) is 12.3 Å². The molecule has 0 fully saturated rings. The van der Waals surface area contributed by atoms with Gasteiger partial charge in [-0.2, -0.15) is 0 Å². The Morgan fingerprint density at radius 1 is 1.32 bits per heavy atom. The first kappa shape index (κ1) is 16.0. The summed E-state index contributed by atoms with van der Waals surface area (Å²) in [5.41, 5.74) is 0.756. The van der Waals surface area contributed by atoms with Crippen LogP contribution in [0.4, 0.5) is 5.69 Å². The molecule has 0 aliphatic carbocycles. The van der Waals surface area contributed by atoms with Gasteiger partial charge in [0, 0.05) is 11.8 Å². The quantitative estimate of drug-likeness (QED) is 0.573. The molecule has 0 saturated heterocycles. The molecule has 1 amide bonds. The highest BCUT2D eigenvalue weighted by Gasteiger charge is 2.07. The molecule has 0 radical (unpaired) electrons. The number of amides is 1. The van der Waals surface area contributed by atoms with Gasteiger partial charge in [0.2, 0.25) is 5.91 Å². The number of unbranched alkanes of at least 4 members (excludes halogenated alkanes) is 1. The molecule has 0 bridgehead atoms. The Balaban J connectivity index is 2.54. The molecule has 1 N–H and O–H groups in total. The third kappa shape index (κ3) is 6.62. The Morgan fingerprint density at radius 3 is 2.74 bits per heavy atom. The molecule has 0 aliphatic heterocycles. The van der Waals surface area contributed by atoms with Crippen molar-refractivity contribution in [2.24, 2.45) is 5.92 Å². The first-order valence-electron chi connectivity index (χ1n) is 6.71. The average molecular weight is 328 g/mol. The third-order valence-electron chi connectivity index (χ3n) is 2.52. The van der Waals surface area contributed by atoms with Crippen molar-refractivity contribution in [3.63, 3.8) is 0 Å². The van der Waals surface area contributed by atoms with Gasteiger partial charge in [0.15, 0.2) is 0 Å². The number of halogens is 1. The van der Waals surface area contributed by atoms with E-state index in [0.717, 1.165) is 29.6 Å². The van der Waals surface area contributed by atoms with Crippen molar-refractivity contribution in [2.75, 3.05) is 17.3 Å². The number of rotatable bonds is 8. The van der Waals surface area contributed by atoms with Crippen LogP contribution in [-0.2, 0) is 4.79 Å². The summed E-state index contributed by atoms with van der Waals surface area (Å²) in [4.78, 5) is 11.8. The lowest BCUT2D eigenvalue weighted by Crippen LogP contribution is -2.13. The maximum Gasteiger partial charge on any atom is 0.224 e. The number of ether oxygens (including phenoxy) is 1. The molecule has 106 valence electrons. The second-order valence-electron chi connectivity index (χ2n) is 4.90. The van der Waals surface area contributed by atoms with Crippen molar-refractivity contribution in [1.82, 2.24) is 0 Å². The van der Waals surface area contributed by atoms with E-state index in [1.54, 1.807) is 0 Å². The third-order valence-corrected chi connectivity index (χ3v) is 3.08. The molecular formula is C15H22BrNO2. The van der Waals surface area contributed by atoms with Crippen LogP contribution >= 0.6 is 15.9 Å². The molecule has 1 aromatic rings. The van der Waals surface area contributed by atoms with E-state index in [1.165, 1.54) is 0 Å². The summed E-state index contributed by atoms with van der Waals surface area (Å²) in [6.07, 6.45) is 2.45. The van der Waals surface area contributed by atoms with Crippen molar-refractivity contribution in [3.8, 4) is 5.75 Å². The van der Waals surface area contributed by atoms with Crippen LogP contribution in [0.5, 0.6) is 5.75 Å². The Morgan fingerprint density at radius 2 is 2.05 bits per heavy atom. The predicted octanol–water partition coefficient (Wildman–Crippen LogP) is 4.23. The Kier molecular flexibility index (Phi) is 7.56. The second kappa shape index (κ2) is 8.97. The van der Waals surface area contributed by atoms with E-state index >= 15 is 0 Å². The molecule has 19 heavy (non-hydrogen) atoms. The fourth-order valence-corrected chi connectivity index (χ4v) is 1.94. The van der Waals surface area contributed by atoms with Crippen LogP contribution in [0.1, 0.15) is 33.1 Å². The molecule has 0 aliphatic rings. The van der Waals surface area contributed by atoms with Crippen LogP contribution in [0, 0.1) is 5.92 Å².